The van der Waals surface area contributed by atoms with Crippen LogP contribution in [0.25, 0.3) is 5.52 Å². The molecule has 1 aliphatic rings. The van der Waals surface area contributed by atoms with E-state index >= 15 is 0 Å². The fourth-order valence-corrected chi connectivity index (χ4v) is 4.35. The lowest BCUT2D eigenvalue weighted by atomic mass is 9.92. The SMILES string of the molecule is C=C[C@]1(COCCCC)OC(N=O)(c2ccc3c(N)ncnn23)[C@H](OCCCC)[C@@H]1OCCCC. The number of nitrogen functional groups attached to an aromatic ring is 1. The summed E-state index contributed by atoms with van der Waals surface area (Å²) in [4.78, 5) is 16.8. The molecule has 194 valence electrons. The van der Waals surface area contributed by atoms with E-state index in [-0.39, 0.29) is 12.4 Å². The number of nitrogens with zero attached hydrogens (tertiary/aromatic N) is 4. The minimum atomic E-state index is -1.76. The van der Waals surface area contributed by atoms with Gasteiger partial charge in [-0.25, -0.2) is 9.50 Å². The minimum Gasteiger partial charge on any atom is -0.382 e. The number of nitroso groups, excluding NO2 is 1. The van der Waals surface area contributed by atoms with Gasteiger partial charge in [-0.05, 0) is 36.6 Å². The maximum absolute atomic E-state index is 12.8. The van der Waals surface area contributed by atoms with Crippen molar-refractivity contribution in [3.05, 3.63) is 41.7 Å². The van der Waals surface area contributed by atoms with Crippen LogP contribution in [0.3, 0.4) is 0 Å². The van der Waals surface area contributed by atoms with Crippen LogP contribution < -0.4 is 5.73 Å². The average molecular weight is 490 g/mol. The lowest BCUT2D eigenvalue weighted by Gasteiger charge is -2.32. The summed E-state index contributed by atoms with van der Waals surface area (Å²) in [5, 5.41) is 7.89. The summed E-state index contributed by atoms with van der Waals surface area (Å²) in [6, 6.07) is 3.46. The number of rotatable bonds is 16. The zero-order chi connectivity index (χ0) is 25.3. The third-order valence-electron chi connectivity index (χ3n) is 6.38. The normalized spacial score (nSPS) is 26.4. The predicted octanol–water partition coefficient (Wildman–Crippen LogP) is 4.37. The Kier molecular flexibility index (Phi) is 9.73. The van der Waals surface area contributed by atoms with Crippen molar-refractivity contribution in [2.45, 2.75) is 82.8 Å². The smallest absolute Gasteiger partial charge is 0.273 e. The fraction of sp³-hybridized carbons (Fsp3) is 0.680. The first-order valence-electron chi connectivity index (χ1n) is 12.6. The van der Waals surface area contributed by atoms with Crippen molar-refractivity contribution < 1.29 is 18.9 Å². The summed E-state index contributed by atoms with van der Waals surface area (Å²) in [6.45, 7) is 11.9. The van der Waals surface area contributed by atoms with Crippen molar-refractivity contribution in [1.29, 1.82) is 0 Å². The van der Waals surface area contributed by atoms with Gasteiger partial charge < -0.3 is 24.7 Å². The lowest BCUT2D eigenvalue weighted by Crippen LogP contribution is -2.48. The van der Waals surface area contributed by atoms with Gasteiger partial charge in [-0.1, -0.05) is 46.1 Å². The first-order chi connectivity index (χ1) is 17.0. The molecule has 0 saturated carbocycles. The van der Waals surface area contributed by atoms with E-state index in [1.165, 1.54) is 10.8 Å². The van der Waals surface area contributed by atoms with Crippen molar-refractivity contribution in [2.75, 3.05) is 32.2 Å². The minimum absolute atomic E-state index is 0.151. The lowest BCUT2D eigenvalue weighted by molar-refractivity contribution is -0.147. The molecule has 1 aliphatic heterocycles. The van der Waals surface area contributed by atoms with Gasteiger partial charge in [0.05, 0.1) is 6.61 Å². The molecule has 3 rings (SSSR count). The van der Waals surface area contributed by atoms with Gasteiger partial charge in [0.1, 0.15) is 35.3 Å². The van der Waals surface area contributed by atoms with Crippen LogP contribution in [0.1, 0.15) is 65.0 Å². The number of ether oxygens (including phenoxy) is 4. The van der Waals surface area contributed by atoms with Crippen molar-refractivity contribution in [3.63, 3.8) is 0 Å². The maximum atomic E-state index is 12.8. The number of fused-ring (bicyclic) bond motifs is 1. The molecule has 0 bridgehead atoms. The second-order valence-corrected chi connectivity index (χ2v) is 8.91. The molecule has 2 N–H and O–H groups in total. The Balaban J connectivity index is 2.12. The third-order valence-corrected chi connectivity index (χ3v) is 6.38. The first kappa shape index (κ1) is 27.2. The quantitative estimate of drug-likeness (QED) is 0.209. The van der Waals surface area contributed by atoms with Crippen molar-refractivity contribution >= 4 is 11.3 Å². The molecule has 3 heterocycles. The number of unbranched alkanes of at least 4 members (excludes halogenated alkanes) is 3. The van der Waals surface area contributed by atoms with Crippen molar-refractivity contribution in [2.24, 2.45) is 5.18 Å². The molecule has 0 aromatic carbocycles. The van der Waals surface area contributed by atoms with Crippen LogP contribution >= 0.6 is 0 Å². The van der Waals surface area contributed by atoms with E-state index < -0.39 is 23.5 Å². The summed E-state index contributed by atoms with van der Waals surface area (Å²) in [6.07, 6.45) is 6.90. The highest BCUT2D eigenvalue weighted by Gasteiger charge is 2.67. The van der Waals surface area contributed by atoms with Crippen molar-refractivity contribution in [1.82, 2.24) is 14.6 Å². The van der Waals surface area contributed by atoms with E-state index in [0.29, 0.717) is 31.0 Å². The highest BCUT2D eigenvalue weighted by atomic mass is 16.7. The van der Waals surface area contributed by atoms with E-state index in [4.69, 9.17) is 24.7 Å². The number of hydrogen-bond acceptors (Lipinski definition) is 9. The number of hydrogen-bond donors (Lipinski definition) is 1. The fourth-order valence-electron chi connectivity index (χ4n) is 4.35. The topological polar surface area (TPSA) is 123 Å². The van der Waals surface area contributed by atoms with Gasteiger partial charge in [-0.3, -0.25) is 0 Å². The second-order valence-electron chi connectivity index (χ2n) is 8.91. The highest BCUT2D eigenvalue weighted by Crippen LogP contribution is 2.50. The molecule has 0 radical (unpaired) electrons. The Labute approximate surface area is 207 Å². The second kappa shape index (κ2) is 12.5. The molecule has 2 aromatic heterocycles. The molecule has 0 aliphatic carbocycles. The molecular weight excluding hydrogens is 450 g/mol. The van der Waals surface area contributed by atoms with Crippen LogP contribution in [-0.4, -0.2) is 58.8 Å². The summed E-state index contributed by atoms with van der Waals surface area (Å²) < 4.78 is 26.8. The van der Waals surface area contributed by atoms with Crippen LogP contribution in [0, 0.1) is 4.91 Å². The third kappa shape index (κ3) is 5.40. The summed E-state index contributed by atoms with van der Waals surface area (Å²) >= 11 is 0. The standard InChI is InChI=1S/C25H39N5O5/c1-5-9-14-32-17-24(8-4)21(33-15-10-6-2)22(34-16-11-7-3)25(29-31,35-24)20-13-12-19-23(26)27-18-28-30(19)20/h8,12-13,18,21-22H,4-7,9-11,14-17H2,1-3H3,(H2,26,27,28)/t21-,22+,24+,25?/m0/s1. The Hall–Kier alpha value is -2.40. The van der Waals surface area contributed by atoms with Crippen LogP contribution in [-0.2, 0) is 24.7 Å². The molecule has 0 amide bonds. The Bertz CT molecular complexity index is 969. The van der Waals surface area contributed by atoms with Crippen LogP contribution in [0.5, 0.6) is 0 Å². The molecule has 2 aromatic rings. The molecule has 1 fully saturated rings. The first-order valence-corrected chi connectivity index (χ1v) is 12.6. The largest absolute Gasteiger partial charge is 0.382 e. The molecule has 10 nitrogen and oxygen atoms in total. The molecule has 0 spiro atoms. The molecule has 10 heteroatoms. The van der Waals surface area contributed by atoms with Crippen molar-refractivity contribution in [3.8, 4) is 0 Å². The van der Waals surface area contributed by atoms with Gasteiger partial charge in [0.25, 0.3) is 5.72 Å². The number of aromatic nitrogens is 3. The molecule has 1 saturated heterocycles. The van der Waals surface area contributed by atoms with Gasteiger partial charge in [-0.2, -0.15) is 5.10 Å². The van der Waals surface area contributed by atoms with Crippen LogP contribution in [0.4, 0.5) is 5.82 Å². The summed E-state index contributed by atoms with van der Waals surface area (Å²) in [5.74, 6) is 0.280. The molecule has 35 heavy (non-hydrogen) atoms. The summed E-state index contributed by atoms with van der Waals surface area (Å²) in [7, 11) is 0. The zero-order valence-electron chi connectivity index (χ0n) is 21.1. The van der Waals surface area contributed by atoms with Gasteiger partial charge >= 0.3 is 0 Å². The van der Waals surface area contributed by atoms with E-state index in [1.807, 2.05) is 0 Å². The highest BCUT2D eigenvalue weighted by molar-refractivity contribution is 5.65. The Morgan fingerprint density at radius 2 is 1.77 bits per heavy atom. The van der Waals surface area contributed by atoms with Gasteiger partial charge in [0.2, 0.25) is 0 Å². The molecule has 1 unspecified atom stereocenters. The number of nitrogens with two attached hydrogens (primary N) is 1. The maximum Gasteiger partial charge on any atom is 0.273 e. The van der Waals surface area contributed by atoms with Gasteiger partial charge in [0.15, 0.2) is 5.82 Å². The zero-order valence-corrected chi connectivity index (χ0v) is 21.1. The Morgan fingerprint density at radius 1 is 1.11 bits per heavy atom. The van der Waals surface area contributed by atoms with E-state index in [1.54, 1.807) is 18.2 Å². The van der Waals surface area contributed by atoms with E-state index in [2.05, 4.69) is 42.6 Å². The van der Waals surface area contributed by atoms with E-state index in [0.717, 1.165) is 38.5 Å². The average Bonchev–Trinajstić information content (AvgIpc) is 3.42. The van der Waals surface area contributed by atoms with Gasteiger partial charge in [-0.15, -0.1) is 11.5 Å². The molecule has 4 atom stereocenters. The number of anilines is 1. The monoisotopic (exact) mass is 489 g/mol. The molecular formula is C25H39N5O5. The predicted molar refractivity (Wildman–Crippen MR) is 134 cm³/mol. The van der Waals surface area contributed by atoms with E-state index in [9.17, 15) is 4.91 Å². The Morgan fingerprint density at radius 3 is 2.40 bits per heavy atom. The van der Waals surface area contributed by atoms with Crippen LogP contribution in [0.2, 0.25) is 0 Å². The van der Waals surface area contributed by atoms with Gasteiger partial charge in [0, 0.05) is 19.8 Å². The summed E-state index contributed by atoms with van der Waals surface area (Å²) in [5.41, 5.74) is 4.06. The van der Waals surface area contributed by atoms with Crippen LogP contribution in [0.15, 0.2) is 36.3 Å².